The fourth-order valence-corrected chi connectivity index (χ4v) is 0.932. The van der Waals surface area contributed by atoms with Crippen LogP contribution in [0.25, 0.3) is 0 Å². The standard InChI is InChI=1S/C7H15N3O2/c1-4-10(5-2)7(9-12)6(3)8-11/h11-12H,4-5H2,1-3H3/b8-6+,9-7?. The molecule has 5 nitrogen and oxygen atoms in total. The molecule has 0 saturated heterocycles. The Hall–Kier alpha value is -1.26. The number of nitrogens with zero attached hydrogens (tertiary/aromatic N) is 3. The fourth-order valence-electron chi connectivity index (χ4n) is 0.932. The Morgan fingerprint density at radius 1 is 1.17 bits per heavy atom. The quantitative estimate of drug-likeness (QED) is 0.289. The van der Waals surface area contributed by atoms with E-state index in [1.165, 1.54) is 0 Å². The molecule has 70 valence electrons. The molecular formula is C7H15N3O2. The minimum atomic E-state index is 0.307. The number of amidine groups is 1. The zero-order valence-electron chi connectivity index (χ0n) is 7.65. The van der Waals surface area contributed by atoms with Crippen molar-refractivity contribution in [2.24, 2.45) is 10.3 Å². The highest BCUT2D eigenvalue weighted by molar-refractivity contribution is 6.40. The second-order valence-corrected chi connectivity index (χ2v) is 2.28. The molecule has 5 heteroatoms. The van der Waals surface area contributed by atoms with Crippen molar-refractivity contribution in [2.75, 3.05) is 13.1 Å². The molecule has 0 fully saturated rings. The van der Waals surface area contributed by atoms with Crippen LogP contribution < -0.4 is 0 Å². The molecule has 12 heavy (non-hydrogen) atoms. The second-order valence-electron chi connectivity index (χ2n) is 2.28. The summed E-state index contributed by atoms with van der Waals surface area (Å²) in [6.07, 6.45) is 0. The first-order valence-corrected chi connectivity index (χ1v) is 3.87. The molecule has 0 aliphatic rings. The van der Waals surface area contributed by atoms with Gasteiger partial charge in [-0.05, 0) is 20.8 Å². The molecule has 0 spiro atoms. The number of oxime groups is 2. The molecule has 0 heterocycles. The van der Waals surface area contributed by atoms with Crippen molar-refractivity contribution in [3.8, 4) is 0 Å². The van der Waals surface area contributed by atoms with E-state index < -0.39 is 0 Å². The third kappa shape index (κ3) is 2.41. The predicted octanol–water partition coefficient (Wildman–Crippen LogP) is 0.966. The first kappa shape index (κ1) is 10.7. The Bertz CT molecular complexity index is 185. The third-order valence-electron chi connectivity index (χ3n) is 1.63. The van der Waals surface area contributed by atoms with Crippen molar-refractivity contribution in [1.29, 1.82) is 0 Å². The van der Waals surface area contributed by atoms with E-state index in [2.05, 4.69) is 10.3 Å². The molecule has 0 aromatic rings. The molecular weight excluding hydrogens is 158 g/mol. The van der Waals surface area contributed by atoms with Crippen LogP contribution in [-0.2, 0) is 0 Å². The largest absolute Gasteiger partial charge is 0.411 e. The zero-order valence-corrected chi connectivity index (χ0v) is 7.65. The molecule has 0 aromatic carbocycles. The molecule has 0 aliphatic heterocycles. The van der Waals surface area contributed by atoms with E-state index in [1.54, 1.807) is 11.8 Å². The first-order chi connectivity index (χ1) is 5.71. The summed E-state index contributed by atoms with van der Waals surface area (Å²) in [5, 5.41) is 23.1. The van der Waals surface area contributed by atoms with Crippen LogP contribution >= 0.6 is 0 Å². The van der Waals surface area contributed by atoms with Crippen molar-refractivity contribution in [1.82, 2.24) is 4.90 Å². The summed E-state index contributed by atoms with van der Waals surface area (Å²) in [6, 6.07) is 0. The smallest absolute Gasteiger partial charge is 0.192 e. The average molecular weight is 173 g/mol. The predicted molar refractivity (Wildman–Crippen MR) is 47.0 cm³/mol. The van der Waals surface area contributed by atoms with Gasteiger partial charge in [-0.1, -0.05) is 10.3 Å². The van der Waals surface area contributed by atoms with Crippen LogP contribution in [0.3, 0.4) is 0 Å². The SMILES string of the molecule is CCN(CC)C(=NO)/C(C)=N/O. The molecule has 0 saturated carbocycles. The van der Waals surface area contributed by atoms with Crippen molar-refractivity contribution in [3.63, 3.8) is 0 Å². The summed E-state index contributed by atoms with van der Waals surface area (Å²) in [5.74, 6) is 0.308. The molecule has 0 bridgehead atoms. The molecule has 2 N–H and O–H groups in total. The summed E-state index contributed by atoms with van der Waals surface area (Å²) >= 11 is 0. The van der Waals surface area contributed by atoms with E-state index in [1.807, 2.05) is 13.8 Å². The van der Waals surface area contributed by atoms with Gasteiger partial charge in [0.1, 0.15) is 5.71 Å². The zero-order chi connectivity index (χ0) is 9.56. The molecule has 0 aromatic heterocycles. The van der Waals surface area contributed by atoms with E-state index in [0.717, 1.165) is 0 Å². The summed E-state index contributed by atoms with van der Waals surface area (Å²) in [7, 11) is 0. The number of hydrogen-bond donors (Lipinski definition) is 2. The lowest BCUT2D eigenvalue weighted by molar-refractivity contribution is 0.301. The van der Waals surface area contributed by atoms with Crippen molar-refractivity contribution < 1.29 is 10.4 Å². The molecule has 0 rings (SSSR count). The van der Waals surface area contributed by atoms with Gasteiger partial charge >= 0.3 is 0 Å². The van der Waals surface area contributed by atoms with Gasteiger partial charge < -0.3 is 15.3 Å². The molecule has 0 amide bonds. The summed E-state index contributed by atoms with van der Waals surface area (Å²) in [4.78, 5) is 1.79. The summed E-state index contributed by atoms with van der Waals surface area (Å²) in [6.45, 7) is 6.86. The Kier molecular flexibility index (Phi) is 4.83. The van der Waals surface area contributed by atoms with E-state index in [0.29, 0.717) is 24.6 Å². The average Bonchev–Trinajstić information content (AvgIpc) is 2.12. The fraction of sp³-hybridized carbons (Fsp3) is 0.714. The lowest BCUT2D eigenvalue weighted by atomic mass is 10.3. The highest BCUT2D eigenvalue weighted by Crippen LogP contribution is 1.94. The van der Waals surface area contributed by atoms with Gasteiger partial charge in [0, 0.05) is 13.1 Å². The maximum Gasteiger partial charge on any atom is 0.192 e. The van der Waals surface area contributed by atoms with Gasteiger partial charge in [0.05, 0.1) is 0 Å². The van der Waals surface area contributed by atoms with Gasteiger partial charge in [-0.2, -0.15) is 0 Å². The molecule has 0 atom stereocenters. The van der Waals surface area contributed by atoms with Gasteiger partial charge in [0.25, 0.3) is 0 Å². The Balaban J connectivity index is 4.55. The summed E-state index contributed by atoms with van der Waals surface area (Å²) in [5.41, 5.74) is 0.307. The Labute approximate surface area is 72.0 Å². The normalized spacial score (nSPS) is 13.2. The lowest BCUT2D eigenvalue weighted by Crippen LogP contribution is -2.35. The van der Waals surface area contributed by atoms with Crippen molar-refractivity contribution >= 4 is 11.5 Å². The van der Waals surface area contributed by atoms with E-state index >= 15 is 0 Å². The van der Waals surface area contributed by atoms with Crippen LogP contribution in [0.4, 0.5) is 0 Å². The van der Waals surface area contributed by atoms with Gasteiger partial charge in [-0.25, -0.2) is 0 Å². The van der Waals surface area contributed by atoms with E-state index in [4.69, 9.17) is 10.4 Å². The number of hydrogen-bond acceptors (Lipinski definition) is 4. The minimum Gasteiger partial charge on any atom is -0.411 e. The van der Waals surface area contributed by atoms with Crippen molar-refractivity contribution in [3.05, 3.63) is 0 Å². The Morgan fingerprint density at radius 3 is 1.92 bits per heavy atom. The monoisotopic (exact) mass is 173 g/mol. The minimum absolute atomic E-state index is 0.307. The maximum absolute atomic E-state index is 8.61. The first-order valence-electron chi connectivity index (χ1n) is 3.87. The topological polar surface area (TPSA) is 68.4 Å². The third-order valence-corrected chi connectivity index (χ3v) is 1.63. The highest BCUT2D eigenvalue weighted by Gasteiger charge is 2.11. The van der Waals surface area contributed by atoms with Gasteiger partial charge in [-0.3, -0.25) is 0 Å². The van der Waals surface area contributed by atoms with Gasteiger partial charge in [0.2, 0.25) is 0 Å². The van der Waals surface area contributed by atoms with Crippen LogP contribution in [0.5, 0.6) is 0 Å². The summed E-state index contributed by atoms with van der Waals surface area (Å²) < 4.78 is 0. The van der Waals surface area contributed by atoms with E-state index in [-0.39, 0.29) is 0 Å². The van der Waals surface area contributed by atoms with E-state index in [9.17, 15) is 0 Å². The van der Waals surface area contributed by atoms with Gasteiger partial charge in [-0.15, -0.1) is 0 Å². The van der Waals surface area contributed by atoms with Crippen molar-refractivity contribution in [2.45, 2.75) is 20.8 Å². The highest BCUT2D eigenvalue weighted by atomic mass is 16.4. The van der Waals surface area contributed by atoms with Crippen LogP contribution in [0.1, 0.15) is 20.8 Å². The van der Waals surface area contributed by atoms with Crippen LogP contribution in [-0.4, -0.2) is 40.0 Å². The molecule has 0 unspecified atom stereocenters. The van der Waals surface area contributed by atoms with Crippen LogP contribution in [0.2, 0.25) is 0 Å². The van der Waals surface area contributed by atoms with Crippen LogP contribution in [0, 0.1) is 0 Å². The maximum atomic E-state index is 8.61. The molecule has 0 radical (unpaired) electrons. The Morgan fingerprint density at radius 2 is 1.67 bits per heavy atom. The van der Waals surface area contributed by atoms with Gasteiger partial charge in [0.15, 0.2) is 5.84 Å². The van der Waals surface area contributed by atoms with Crippen LogP contribution in [0.15, 0.2) is 10.3 Å². The second kappa shape index (κ2) is 5.40. The lowest BCUT2D eigenvalue weighted by Gasteiger charge is -2.20. The molecule has 0 aliphatic carbocycles. The number of rotatable bonds is 3.